The summed E-state index contributed by atoms with van der Waals surface area (Å²) in [6.07, 6.45) is 7.79. The molecule has 0 aliphatic carbocycles. The zero-order valence-corrected chi connectivity index (χ0v) is 17.6. The highest BCUT2D eigenvalue weighted by atomic mass is 16.5. The van der Waals surface area contributed by atoms with Gasteiger partial charge in [0.15, 0.2) is 0 Å². The number of nitrogens with zero attached hydrogens (tertiary/aromatic N) is 5. The number of ether oxygens (including phenoxy) is 1. The largest absolute Gasteiger partial charge is 0.492 e. The third-order valence-electron chi connectivity index (χ3n) is 5.66. The van der Waals surface area contributed by atoms with E-state index in [9.17, 15) is 5.26 Å². The molecule has 1 aliphatic rings. The van der Waals surface area contributed by atoms with Gasteiger partial charge in [-0.3, -0.25) is 0 Å². The van der Waals surface area contributed by atoms with Crippen LogP contribution in [0.5, 0.6) is 5.75 Å². The summed E-state index contributed by atoms with van der Waals surface area (Å²) in [5, 5.41) is 17.3. The van der Waals surface area contributed by atoms with E-state index in [4.69, 9.17) is 9.72 Å². The van der Waals surface area contributed by atoms with Gasteiger partial charge in [0.1, 0.15) is 17.6 Å². The van der Waals surface area contributed by atoms with E-state index in [-0.39, 0.29) is 0 Å². The Morgan fingerprint density at radius 1 is 1.33 bits per heavy atom. The fraction of sp³-hybridized carbons (Fsp3) is 0.435. The summed E-state index contributed by atoms with van der Waals surface area (Å²) in [6.45, 7) is 8.84. The highest BCUT2D eigenvalue weighted by Gasteiger charge is 2.18. The van der Waals surface area contributed by atoms with Crippen molar-refractivity contribution < 1.29 is 4.74 Å². The van der Waals surface area contributed by atoms with Crippen molar-refractivity contribution in [1.29, 1.82) is 5.26 Å². The van der Waals surface area contributed by atoms with Crippen molar-refractivity contribution in [2.24, 2.45) is 5.92 Å². The van der Waals surface area contributed by atoms with Crippen LogP contribution in [0.3, 0.4) is 0 Å². The summed E-state index contributed by atoms with van der Waals surface area (Å²) < 4.78 is 7.41. The van der Waals surface area contributed by atoms with Crippen LogP contribution in [0.1, 0.15) is 32.3 Å². The van der Waals surface area contributed by atoms with Crippen molar-refractivity contribution >= 4 is 11.3 Å². The summed E-state index contributed by atoms with van der Waals surface area (Å²) in [7, 11) is 0. The molecule has 0 amide bonds. The van der Waals surface area contributed by atoms with Crippen molar-refractivity contribution in [2.45, 2.75) is 26.7 Å². The molecule has 7 heteroatoms. The van der Waals surface area contributed by atoms with Crippen LogP contribution in [0.2, 0.25) is 0 Å². The Morgan fingerprint density at radius 3 is 2.90 bits per heavy atom. The molecule has 1 N–H and O–H groups in total. The number of nitriles is 1. The monoisotopic (exact) mass is 404 g/mol. The molecule has 0 radical (unpaired) electrons. The lowest BCUT2D eigenvalue weighted by atomic mass is 9.99. The van der Waals surface area contributed by atoms with E-state index in [1.165, 1.54) is 12.8 Å². The number of nitrogens with one attached hydrogen (secondary N) is 1. The molecule has 0 aromatic carbocycles. The van der Waals surface area contributed by atoms with E-state index in [1.807, 2.05) is 25.4 Å². The first-order chi connectivity index (χ1) is 14.7. The second kappa shape index (κ2) is 9.14. The summed E-state index contributed by atoms with van der Waals surface area (Å²) in [5.74, 6) is 2.36. The first kappa shape index (κ1) is 20.2. The van der Waals surface area contributed by atoms with E-state index >= 15 is 0 Å². The van der Waals surface area contributed by atoms with E-state index in [2.05, 4.69) is 40.4 Å². The molecule has 30 heavy (non-hydrogen) atoms. The molecule has 4 rings (SSSR count). The van der Waals surface area contributed by atoms with Gasteiger partial charge in [-0.25, -0.2) is 9.50 Å². The predicted octanol–water partition coefficient (Wildman–Crippen LogP) is 3.49. The van der Waals surface area contributed by atoms with E-state index in [0.717, 1.165) is 54.4 Å². The lowest BCUT2D eigenvalue weighted by Gasteiger charge is -2.30. The predicted molar refractivity (Wildman–Crippen MR) is 118 cm³/mol. The lowest BCUT2D eigenvalue weighted by molar-refractivity contribution is 0.338. The average molecular weight is 405 g/mol. The molecule has 7 nitrogen and oxygen atoms in total. The van der Waals surface area contributed by atoms with Crippen LogP contribution in [0.4, 0.5) is 5.82 Å². The molecule has 1 atom stereocenters. The molecule has 3 aromatic rings. The maximum atomic E-state index is 9.51. The molecule has 3 aromatic heterocycles. The van der Waals surface area contributed by atoms with Crippen LogP contribution in [0.25, 0.3) is 16.6 Å². The minimum absolute atomic E-state index is 0.539. The summed E-state index contributed by atoms with van der Waals surface area (Å²) in [5.41, 5.74) is 3.15. The maximum absolute atomic E-state index is 9.51. The third kappa shape index (κ3) is 4.10. The highest BCUT2D eigenvalue weighted by molar-refractivity contribution is 5.85. The van der Waals surface area contributed by atoms with Gasteiger partial charge < -0.3 is 15.0 Å². The van der Waals surface area contributed by atoms with Crippen molar-refractivity contribution in [3.63, 3.8) is 0 Å². The van der Waals surface area contributed by atoms with Crippen molar-refractivity contribution in [3.05, 3.63) is 42.4 Å². The van der Waals surface area contributed by atoms with Gasteiger partial charge in [0.05, 0.1) is 30.1 Å². The minimum Gasteiger partial charge on any atom is -0.492 e. The normalized spacial score (nSPS) is 16.4. The number of pyridine rings is 2. The quantitative estimate of drug-likeness (QED) is 0.649. The molecule has 156 valence electrons. The zero-order valence-electron chi connectivity index (χ0n) is 17.6. The number of hydrogen-bond acceptors (Lipinski definition) is 6. The molecule has 1 unspecified atom stereocenters. The van der Waals surface area contributed by atoms with E-state index < -0.39 is 0 Å². The Hall–Kier alpha value is -3.11. The molecule has 1 saturated heterocycles. The molecular weight excluding hydrogens is 376 g/mol. The van der Waals surface area contributed by atoms with Gasteiger partial charge in [0, 0.05) is 30.4 Å². The summed E-state index contributed by atoms with van der Waals surface area (Å²) in [6, 6.07) is 8.34. The number of piperidine rings is 1. The third-order valence-corrected chi connectivity index (χ3v) is 5.66. The van der Waals surface area contributed by atoms with E-state index in [0.29, 0.717) is 18.1 Å². The van der Waals surface area contributed by atoms with Gasteiger partial charge in [-0.1, -0.05) is 0 Å². The smallest absolute Gasteiger partial charge is 0.138 e. The van der Waals surface area contributed by atoms with Crippen molar-refractivity contribution in [3.8, 4) is 22.9 Å². The number of anilines is 1. The van der Waals surface area contributed by atoms with Crippen LogP contribution in [-0.2, 0) is 0 Å². The number of rotatable bonds is 7. The van der Waals surface area contributed by atoms with Gasteiger partial charge in [-0.15, -0.1) is 0 Å². The van der Waals surface area contributed by atoms with Crippen molar-refractivity contribution in [2.75, 3.05) is 37.7 Å². The Labute approximate surface area is 177 Å². The van der Waals surface area contributed by atoms with Crippen molar-refractivity contribution in [1.82, 2.24) is 19.9 Å². The number of aromatic nitrogens is 3. The minimum atomic E-state index is 0.539. The van der Waals surface area contributed by atoms with Gasteiger partial charge >= 0.3 is 0 Å². The Balaban J connectivity index is 1.65. The summed E-state index contributed by atoms with van der Waals surface area (Å²) in [4.78, 5) is 7.11. The molecule has 0 bridgehead atoms. The second-order valence-corrected chi connectivity index (χ2v) is 7.64. The van der Waals surface area contributed by atoms with Gasteiger partial charge in [0.2, 0.25) is 0 Å². The molecule has 1 fully saturated rings. The number of fused-ring (bicyclic) bond motifs is 1. The topological polar surface area (TPSA) is 78.5 Å². The zero-order chi connectivity index (χ0) is 20.9. The van der Waals surface area contributed by atoms with Crippen LogP contribution >= 0.6 is 0 Å². The molecular formula is C23H28N6O. The Bertz CT molecular complexity index is 1030. The second-order valence-electron chi connectivity index (χ2n) is 7.64. The molecule has 0 saturated carbocycles. The van der Waals surface area contributed by atoms with E-state index in [1.54, 1.807) is 10.7 Å². The first-order valence-corrected chi connectivity index (χ1v) is 10.7. The number of hydrogen-bond donors (Lipinski definition) is 1. The van der Waals surface area contributed by atoms with Crippen LogP contribution in [0, 0.1) is 17.2 Å². The van der Waals surface area contributed by atoms with Gasteiger partial charge in [-0.2, -0.15) is 10.4 Å². The van der Waals surface area contributed by atoms with Gasteiger partial charge in [0.25, 0.3) is 0 Å². The van der Waals surface area contributed by atoms with Gasteiger partial charge in [-0.05, 0) is 63.9 Å². The highest BCUT2D eigenvalue weighted by Crippen LogP contribution is 2.31. The molecule has 1 aliphatic heterocycles. The first-order valence-electron chi connectivity index (χ1n) is 10.7. The fourth-order valence-electron chi connectivity index (χ4n) is 4.15. The lowest BCUT2D eigenvalue weighted by Crippen LogP contribution is -2.38. The van der Waals surface area contributed by atoms with Crippen LogP contribution in [0.15, 0.2) is 36.8 Å². The molecule has 4 heterocycles. The standard InChI is InChI=1S/C23H28N6O/c1-3-28(15-17-6-5-9-25-12-17)22-8-7-18(13-26-22)21-10-20(30-4-2)16-29-23(21)19(11-24)14-27-29/h7-8,10,13-14,16-17,25H,3-6,9,12,15H2,1-2H3. The Morgan fingerprint density at radius 2 is 2.23 bits per heavy atom. The van der Waals surface area contributed by atoms with Crippen LogP contribution in [-0.4, -0.2) is 47.4 Å². The SMILES string of the molecule is CCOc1cc(-c2ccc(N(CC)CC3CCCNC3)nc2)c2c(C#N)cnn2c1. The maximum Gasteiger partial charge on any atom is 0.138 e. The molecule has 0 spiro atoms. The average Bonchev–Trinajstić information content (AvgIpc) is 3.21. The van der Waals surface area contributed by atoms with Crippen LogP contribution < -0.4 is 15.0 Å². The fourth-order valence-corrected chi connectivity index (χ4v) is 4.15. The Kier molecular flexibility index (Phi) is 6.15. The summed E-state index contributed by atoms with van der Waals surface area (Å²) >= 11 is 0.